The molecular weight excluding hydrogens is 266 g/mol. The lowest BCUT2D eigenvalue weighted by molar-refractivity contribution is 0.0687. The smallest absolute Gasteiger partial charge is 0.356 e. The molecule has 1 N–H and O–H groups in total. The minimum Gasteiger partial charge on any atom is -0.476 e. The van der Waals surface area contributed by atoms with Gasteiger partial charge >= 0.3 is 5.97 Å². The van der Waals surface area contributed by atoms with Gasteiger partial charge in [-0.2, -0.15) is 0 Å². The molecule has 1 aliphatic heterocycles. The quantitative estimate of drug-likeness (QED) is 0.840. The Balaban J connectivity index is 2.27. The van der Waals surface area contributed by atoms with E-state index >= 15 is 0 Å². The van der Waals surface area contributed by atoms with E-state index in [1.165, 1.54) is 18.3 Å². The maximum atomic E-state index is 11.5. The molecule has 2 heterocycles. The van der Waals surface area contributed by atoms with Gasteiger partial charge in [0.15, 0.2) is 16.6 Å². The van der Waals surface area contributed by atoms with Gasteiger partial charge < -0.3 is 14.9 Å². The second-order valence-electron chi connectivity index (χ2n) is 4.68. The van der Waals surface area contributed by atoms with Crippen LogP contribution in [-0.4, -0.2) is 60.0 Å². The van der Waals surface area contributed by atoms with Gasteiger partial charge in [-0.3, -0.25) is 4.79 Å². The van der Waals surface area contributed by atoms with Crippen LogP contribution in [0.25, 0.3) is 0 Å². The maximum Gasteiger partial charge on any atom is 0.356 e. The largest absolute Gasteiger partial charge is 0.476 e. The molecule has 0 aromatic carbocycles. The van der Waals surface area contributed by atoms with E-state index < -0.39 is 5.97 Å². The first-order valence-electron chi connectivity index (χ1n) is 6.17. The minimum atomic E-state index is -1.14. The Morgan fingerprint density at radius 2 is 2.00 bits per heavy atom. The number of nitrogens with zero attached hydrogens (tertiary/aromatic N) is 3. The molecule has 2 rings (SSSR count). The van der Waals surface area contributed by atoms with Crippen LogP contribution in [0, 0.1) is 0 Å². The number of aromatic carboxylic acids is 1. The Hall–Kier alpha value is -1.47. The normalized spacial score (nSPS) is 17.3. The number of likely N-dealkylation sites (N-methyl/N-ethyl adjacent to an activating group) is 1. The maximum absolute atomic E-state index is 11.5. The topological polar surface area (TPSA) is 73.7 Å². The number of hydrogen-bond acceptors (Lipinski definition) is 6. The van der Waals surface area contributed by atoms with E-state index in [0.717, 1.165) is 32.6 Å². The molecule has 0 amide bonds. The van der Waals surface area contributed by atoms with Crippen molar-refractivity contribution in [3.8, 4) is 0 Å². The van der Waals surface area contributed by atoms with Gasteiger partial charge in [0, 0.05) is 26.6 Å². The predicted molar refractivity (Wildman–Crippen MR) is 73.4 cm³/mol. The molecule has 1 fully saturated rings. The van der Waals surface area contributed by atoms with Gasteiger partial charge in [0.1, 0.15) is 4.88 Å². The highest BCUT2D eigenvalue weighted by Gasteiger charge is 2.24. The molecule has 104 valence electrons. The van der Waals surface area contributed by atoms with Crippen molar-refractivity contribution in [2.75, 3.05) is 38.1 Å². The lowest BCUT2D eigenvalue weighted by Gasteiger charge is -2.18. The molecule has 0 aliphatic carbocycles. The Bertz CT molecular complexity index is 469. The first-order chi connectivity index (χ1) is 8.99. The van der Waals surface area contributed by atoms with Crippen LogP contribution in [0.5, 0.6) is 0 Å². The molecular formula is C12H17N3O3S. The van der Waals surface area contributed by atoms with Crippen molar-refractivity contribution in [1.82, 2.24) is 9.88 Å². The third-order valence-electron chi connectivity index (χ3n) is 3.13. The molecule has 19 heavy (non-hydrogen) atoms. The zero-order valence-corrected chi connectivity index (χ0v) is 11.9. The van der Waals surface area contributed by atoms with Crippen molar-refractivity contribution >= 4 is 28.2 Å². The molecule has 7 heteroatoms. The molecule has 1 aliphatic rings. The molecule has 0 bridgehead atoms. The number of carboxylic acids is 1. The monoisotopic (exact) mass is 283 g/mol. The average molecular weight is 283 g/mol. The standard InChI is InChI=1S/C12H17N3O3S/c1-8(16)10-9(11(17)18)13-12(19-10)15-5-3-4-14(2)6-7-15/h3-7H2,1-2H3,(H,17,18). The summed E-state index contributed by atoms with van der Waals surface area (Å²) in [5.74, 6) is -1.38. The summed E-state index contributed by atoms with van der Waals surface area (Å²) in [5, 5.41) is 9.73. The summed E-state index contributed by atoms with van der Waals surface area (Å²) in [6.45, 7) is 4.96. The number of carbonyl (C=O) groups is 2. The summed E-state index contributed by atoms with van der Waals surface area (Å²) >= 11 is 1.18. The highest BCUT2D eigenvalue weighted by Crippen LogP contribution is 2.27. The number of thiazole rings is 1. The van der Waals surface area contributed by atoms with Crippen molar-refractivity contribution in [1.29, 1.82) is 0 Å². The van der Waals surface area contributed by atoms with Crippen molar-refractivity contribution in [2.24, 2.45) is 0 Å². The van der Waals surface area contributed by atoms with Crippen LogP contribution in [0.4, 0.5) is 5.13 Å². The number of hydrogen-bond donors (Lipinski definition) is 1. The first kappa shape index (κ1) is 14.0. The van der Waals surface area contributed by atoms with E-state index in [1.54, 1.807) is 0 Å². The minimum absolute atomic E-state index is 0.120. The van der Waals surface area contributed by atoms with Crippen LogP contribution in [0.2, 0.25) is 0 Å². The average Bonchev–Trinajstić information content (AvgIpc) is 2.68. The van der Waals surface area contributed by atoms with Crippen LogP contribution >= 0.6 is 11.3 Å². The summed E-state index contributed by atoms with van der Waals surface area (Å²) in [5.41, 5.74) is -0.120. The van der Waals surface area contributed by atoms with Crippen LogP contribution < -0.4 is 4.90 Å². The third-order valence-corrected chi connectivity index (χ3v) is 4.35. The van der Waals surface area contributed by atoms with Crippen molar-refractivity contribution < 1.29 is 14.7 Å². The lowest BCUT2D eigenvalue weighted by Crippen LogP contribution is -2.28. The van der Waals surface area contributed by atoms with Crippen molar-refractivity contribution in [3.05, 3.63) is 10.6 Å². The molecule has 6 nitrogen and oxygen atoms in total. The number of carboxylic acid groups (broad SMARTS) is 1. The molecule has 1 saturated heterocycles. The summed E-state index contributed by atoms with van der Waals surface area (Å²) in [4.78, 5) is 31.2. The predicted octanol–water partition coefficient (Wildman–Crippen LogP) is 1.19. The zero-order chi connectivity index (χ0) is 14.0. The van der Waals surface area contributed by atoms with Crippen molar-refractivity contribution in [2.45, 2.75) is 13.3 Å². The molecule has 0 atom stereocenters. The Kier molecular flexibility index (Phi) is 4.16. The lowest BCUT2D eigenvalue weighted by atomic mass is 10.3. The Morgan fingerprint density at radius 3 is 2.58 bits per heavy atom. The van der Waals surface area contributed by atoms with Crippen LogP contribution in [0.1, 0.15) is 33.5 Å². The number of rotatable bonds is 3. The third kappa shape index (κ3) is 3.10. The summed E-state index contributed by atoms with van der Waals surface area (Å²) in [6, 6.07) is 0. The van der Waals surface area contributed by atoms with E-state index in [4.69, 9.17) is 5.11 Å². The number of Topliss-reactive ketones (excluding diaryl/α,β-unsaturated/α-hetero) is 1. The van der Waals surface area contributed by atoms with E-state index in [2.05, 4.69) is 21.8 Å². The van der Waals surface area contributed by atoms with Gasteiger partial charge in [0.2, 0.25) is 0 Å². The van der Waals surface area contributed by atoms with E-state index in [1.807, 2.05) is 0 Å². The van der Waals surface area contributed by atoms with Gasteiger partial charge in [0.25, 0.3) is 0 Å². The highest BCUT2D eigenvalue weighted by atomic mass is 32.1. The van der Waals surface area contributed by atoms with E-state index in [0.29, 0.717) is 5.13 Å². The molecule has 1 aromatic rings. The fourth-order valence-electron chi connectivity index (χ4n) is 2.07. The van der Waals surface area contributed by atoms with Gasteiger partial charge in [-0.05, 0) is 20.0 Å². The number of anilines is 1. The molecule has 0 unspecified atom stereocenters. The molecule has 1 aromatic heterocycles. The number of carbonyl (C=O) groups excluding carboxylic acids is 1. The van der Waals surface area contributed by atoms with Crippen LogP contribution in [0.3, 0.4) is 0 Å². The molecule has 0 spiro atoms. The first-order valence-corrected chi connectivity index (χ1v) is 6.99. The second kappa shape index (κ2) is 5.66. The zero-order valence-electron chi connectivity index (χ0n) is 11.0. The Morgan fingerprint density at radius 1 is 1.26 bits per heavy atom. The van der Waals surface area contributed by atoms with Gasteiger partial charge in [0.05, 0.1) is 0 Å². The summed E-state index contributed by atoms with van der Waals surface area (Å²) in [6.07, 6.45) is 1.01. The second-order valence-corrected chi connectivity index (χ2v) is 5.66. The number of aromatic nitrogens is 1. The van der Waals surface area contributed by atoms with E-state index in [-0.39, 0.29) is 16.4 Å². The van der Waals surface area contributed by atoms with Gasteiger partial charge in [-0.1, -0.05) is 11.3 Å². The SMILES string of the molecule is CC(=O)c1sc(N2CCCN(C)CC2)nc1C(=O)O. The van der Waals surface area contributed by atoms with Gasteiger partial charge in [-0.15, -0.1) is 0 Å². The Labute approximate surface area is 115 Å². The van der Waals surface area contributed by atoms with Crippen molar-refractivity contribution in [3.63, 3.8) is 0 Å². The summed E-state index contributed by atoms with van der Waals surface area (Å²) < 4.78 is 0. The molecule has 0 saturated carbocycles. The fraction of sp³-hybridized carbons (Fsp3) is 0.583. The van der Waals surface area contributed by atoms with E-state index in [9.17, 15) is 9.59 Å². The van der Waals surface area contributed by atoms with Crippen LogP contribution in [0.15, 0.2) is 0 Å². The summed E-state index contributed by atoms with van der Waals surface area (Å²) in [7, 11) is 2.06. The number of ketones is 1. The fourth-order valence-corrected chi connectivity index (χ4v) is 3.07. The molecule has 0 radical (unpaired) electrons. The van der Waals surface area contributed by atoms with Crippen LogP contribution in [-0.2, 0) is 0 Å². The highest BCUT2D eigenvalue weighted by molar-refractivity contribution is 7.17. The van der Waals surface area contributed by atoms with Gasteiger partial charge in [-0.25, -0.2) is 9.78 Å².